The van der Waals surface area contributed by atoms with Crippen LogP contribution < -0.4 is 5.32 Å². The number of aromatic nitrogens is 2. The number of nitrogens with zero attached hydrogens (tertiary/aromatic N) is 2. The van der Waals surface area contributed by atoms with Gasteiger partial charge in [0.05, 0.1) is 6.54 Å². The minimum Gasteiger partial charge on any atom is -0.343 e. The summed E-state index contributed by atoms with van der Waals surface area (Å²) in [5.74, 6) is 0.754. The first-order valence-corrected chi connectivity index (χ1v) is 5.46. The molecular weight excluding hydrogens is 238 g/mol. The molecule has 0 saturated carbocycles. The maximum absolute atomic E-state index is 11.7. The van der Waals surface area contributed by atoms with E-state index in [0.717, 1.165) is 4.90 Å². The van der Waals surface area contributed by atoms with Crippen LogP contribution in [0.25, 0.3) is 0 Å². The summed E-state index contributed by atoms with van der Waals surface area (Å²) in [5, 5.41) is 6.32. The molecule has 0 aliphatic rings. The van der Waals surface area contributed by atoms with Crippen molar-refractivity contribution in [2.75, 3.05) is 0 Å². The molecule has 0 aliphatic heterocycles. The molecule has 0 unspecified atom stereocenters. The highest BCUT2D eigenvalue weighted by Crippen LogP contribution is 2.07. The first-order valence-electron chi connectivity index (χ1n) is 5.01. The van der Waals surface area contributed by atoms with Gasteiger partial charge < -0.3 is 9.84 Å². The molecule has 0 aliphatic carbocycles. The van der Waals surface area contributed by atoms with E-state index in [0.29, 0.717) is 17.3 Å². The van der Waals surface area contributed by atoms with Gasteiger partial charge in [0.1, 0.15) is 0 Å². The minimum atomic E-state index is -0.186. The Bertz CT molecular complexity index is 522. The van der Waals surface area contributed by atoms with E-state index in [4.69, 9.17) is 4.52 Å². The van der Waals surface area contributed by atoms with Crippen LogP contribution in [0.5, 0.6) is 0 Å². The third kappa shape index (κ3) is 3.07. The number of nitrogens with one attached hydrogen (secondary N) is 1. The fourth-order valence-electron chi connectivity index (χ4n) is 1.28. The van der Waals surface area contributed by atoms with Crippen molar-refractivity contribution < 1.29 is 9.32 Å². The normalized spacial score (nSPS) is 10.2. The molecule has 1 heterocycles. The second kappa shape index (κ2) is 5.01. The second-order valence-electron chi connectivity index (χ2n) is 3.46. The van der Waals surface area contributed by atoms with Crippen LogP contribution in [0.2, 0.25) is 0 Å². The lowest BCUT2D eigenvalue weighted by atomic mass is 10.2. The van der Waals surface area contributed by atoms with Crippen molar-refractivity contribution in [3.8, 4) is 0 Å². The molecule has 0 atom stereocenters. The largest absolute Gasteiger partial charge is 0.343 e. The molecule has 1 amide bonds. The van der Waals surface area contributed by atoms with Crippen LogP contribution >= 0.6 is 12.6 Å². The fourth-order valence-corrected chi connectivity index (χ4v) is 1.43. The summed E-state index contributed by atoms with van der Waals surface area (Å²) in [6, 6.07) is 6.93. The summed E-state index contributed by atoms with van der Waals surface area (Å²) in [5.41, 5.74) is 0.569. The van der Waals surface area contributed by atoms with E-state index < -0.39 is 0 Å². The highest BCUT2D eigenvalue weighted by atomic mass is 32.1. The molecule has 0 spiro atoms. The molecule has 2 rings (SSSR count). The lowest BCUT2D eigenvalue weighted by Crippen LogP contribution is -2.22. The predicted molar refractivity (Wildman–Crippen MR) is 63.9 cm³/mol. The molecule has 1 aromatic carbocycles. The second-order valence-corrected chi connectivity index (χ2v) is 3.98. The van der Waals surface area contributed by atoms with Crippen LogP contribution in [0.1, 0.15) is 22.1 Å². The number of amides is 1. The zero-order valence-electron chi connectivity index (χ0n) is 9.17. The van der Waals surface area contributed by atoms with Crippen molar-refractivity contribution in [1.29, 1.82) is 0 Å². The van der Waals surface area contributed by atoms with Crippen LogP contribution in [-0.2, 0) is 6.54 Å². The van der Waals surface area contributed by atoms with Gasteiger partial charge in [-0.3, -0.25) is 4.79 Å². The van der Waals surface area contributed by atoms with E-state index >= 15 is 0 Å². The van der Waals surface area contributed by atoms with Gasteiger partial charge >= 0.3 is 0 Å². The Kier molecular flexibility index (Phi) is 3.43. The lowest BCUT2D eigenvalue weighted by molar-refractivity contribution is 0.0946. The Morgan fingerprint density at radius 2 is 2.12 bits per heavy atom. The summed E-state index contributed by atoms with van der Waals surface area (Å²) >= 11 is 4.15. The third-order valence-corrected chi connectivity index (χ3v) is 2.40. The molecule has 0 fully saturated rings. The average Bonchev–Trinajstić information content (AvgIpc) is 2.73. The van der Waals surface area contributed by atoms with Crippen LogP contribution in [0, 0.1) is 6.92 Å². The Labute approximate surface area is 104 Å². The summed E-state index contributed by atoms with van der Waals surface area (Å²) in [6.45, 7) is 1.95. The summed E-state index contributed by atoms with van der Waals surface area (Å²) < 4.78 is 4.88. The molecule has 6 heteroatoms. The predicted octanol–water partition coefficient (Wildman–Crippen LogP) is 1.60. The molecule has 0 bridgehead atoms. The van der Waals surface area contributed by atoms with Crippen molar-refractivity contribution >= 4 is 18.5 Å². The Morgan fingerprint density at radius 1 is 1.41 bits per heavy atom. The number of hydrogen-bond acceptors (Lipinski definition) is 5. The zero-order chi connectivity index (χ0) is 12.3. The highest BCUT2D eigenvalue weighted by Gasteiger charge is 2.07. The summed E-state index contributed by atoms with van der Waals surface area (Å²) in [7, 11) is 0. The molecule has 1 aromatic heterocycles. The van der Waals surface area contributed by atoms with Gasteiger partial charge in [0.2, 0.25) is 5.89 Å². The fraction of sp³-hybridized carbons (Fsp3) is 0.182. The summed E-state index contributed by atoms with van der Waals surface area (Å²) in [6.07, 6.45) is 0. The van der Waals surface area contributed by atoms with Crippen LogP contribution in [0.15, 0.2) is 33.7 Å². The number of carbonyl (C=O) groups is 1. The Balaban J connectivity index is 1.95. The standard InChI is InChI=1S/C11H11N3O2S/c1-7-13-10(16-14-7)6-12-11(15)8-2-4-9(17)5-3-8/h2-5,17H,6H2,1H3,(H,12,15). The maximum atomic E-state index is 11.7. The van der Waals surface area contributed by atoms with E-state index in [-0.39, 0.29) is 12.5 Å². The first-order chi connectivity index (χ1) is 8.15. The quantitative estimate of drug-likeness (QED) is 0.811. The van der Waals surface area contributed by atoms with Gasteiger partial charge in [-0.1, -0.05) is 5.16 Å². The first kappa shape index (κ1) is 11.7. The van der Waals surface area contributed by atoms with E-state index in [2.05, 4.69) is 28.1 Å². The van der Waals surface area contributed by atoms with Crippen LogP contribution in [0.3, 0.4) is 0 Å². The molecule has 2 aromatic rings. The molecule has 1 N–H and O–H groups in total. The molecule has 88 valence electrons. The van der Waals surface area contributed by atoms with Crippen molar-refractivity contribution in [2.45, 2.75) is 18.4 Å². The van der Waals surface area contributed by atoms with Gasteiger partial charge in [-0.25, -0.2) is 0 Å². The van der Waals surface area contributed by atoms with Crippen molar-refractivity contribution in [3.05, 3.63) is 41.5 Å². The van der Waals surface area contributed by atoms with Gasteiger partial charge in [0, 0.05) is 10.5 Å². The number of rotatable bonds is 3. The van der Waals surface area contributed by atoms with E-state index in [1.165, 1.54) is 0 Å². The molecular formula is C11H11N3O2S. The van der Waals surface area contributed by atoms with E-state index in [9.17, 15) is 4.79 Å². The monoisotopic (exact) mass is 249 g/mol. The van der Waals surface area contributed by atoms with E-state index in [1.54, 1.807) is 31.2 Å². The van der Waals surface area contributed by atoms with Gasteiger partial charge in [0.25, 0.3) is 5.91 Å². The van der Waals surface area contributed by atoms with E-state index in [1.807, 2.05) is 0 Å². The Hall–Kier alpha value is -1.82. The topological polar surface area (TPSA) is 68.0 Å². The number of hydrogen-bond donors (Lipinski definition) is 2. The molecule has 0 saturated heterocycles. The van der Waals surface area contributed by atoms with Gasteiger partial charge in [-0.15, -0.1) is 12.6 Å². The van der Waals surface area contributed by atoms with Crippen molar-refractivity contribution in [3.63, 3.8) is 0 Å². The minimum absolute atomic E-state index is 0.186. The van der Waals surface area contributed by atoms with Crippen molar-refractivity contribution in [1.82, 2.24) is 15.5 Å². The van der Waals surface area contributed by atoms with Gasteiger partial charge in [-0.05, 0) is 31.2 Å². The Morgan fingerprint density at radius 3 is 2.71 bits per heavy atom. The lowest BCUT2D eigenvalue weighted by Gasteiger charge is -2.02. The number of carbonyl (C=O) groups excluding carboxylic acids is 1. The zero-order valence-corrected chi connectivity index (χ0v) is 10.1. The average molecular weight is 249 g/mol. The number of benzene rings is 1. The van der Waals surface area contributed by atoms with Gasteiger partial charge in [-0.2, -0.15) is 4.98 Å². The SMILES string of the molecule is Cc1noc(CNC(=O)c2ccc(S)cc2)n1. The van der Waals surface area contributed by atoms with Gasteiger partial charge in [0.15, 0.2) is 5.82 Å². The van der Waals surface area contributed by atoms with Crippen molar-refractivity contribution in [2.24, 2.45) is 0 Å². The summed E-state index contributed by atoms with van der Waals surface area (Å²) in [4.78, 5) is 16.5. The molecule has 17 heavy (non-hydrogen) atoms. The maximum Gasteiger partial charge on any atom is 0.251 e. The number of thiol groups is 1. The molecule has 5 nitrogen and oxygen atoms in total. The number of aryl methyl sites for hydroxylation is 1. The third-order valence-electron chi connectivity index (χ3n) is 2.10. The van der Waals surface area contributed by atoms with Crippen LogP contribution in [-0.4, -0.2) is 16.0 Å². The smallest absolute Gasteiger partial charge is 0.251 e. The van der Waals surface area contributed by atoms with Crippen LogP contribution in [0.4, 0.5) is 0 Å². The highest BCUT2D eigenvalue weighted by molar-refractivity contribution is 7.80. The molecule has 0 radical (unpaired) electrons.